The maximum Gasteiger partial charge on any atom is 0.149 e. The van der Waals surface area contributed by atoms with E-state index in [0.29, 0.717) is 28.4 Å². The van der Waals surface area contributed by atoms with Crippen molar-refractivity contribution in [1.29, 1.82) is 5.26 Å². The Morgan fingerprint density at radius 3 is 2.76 bits per heavy atom. The first-order valence-electron chi connectivity index (χ1n) is 5.97. The molecule has 90 valence electrons. The first-order valence-corrected chi connectivity index (χ1v) is 5.97. The van der Waals surface area contributed by atoms with Crippen molar-refractivity contribution in [2.24, 2.45) is 11.3 Å². The zero-order chi connectivity index (χ0) is 12.5. The molecule has 0 aromatic carbocycles. The second-order valence-corrected chi connectivity index (χ2v) is 5.14. The number of aromatic nitrogens is 1. The molecule has 0 spiro atoms. The summed E-state index contributed by atoms with van der Waals surface area (Å²) >= 11 is 0. The van der Waals surface area contributed by atoms with Crippen LogP contribution in [0.25, 0.3) is 0 Å². The molecule has 0 amide bonds. The quantitative estimate of drug-likeness (QED) is 0.832. The van der Waals surface area contributed by atoms with Crippen LogP contribution in [0.3, 0.4) is 0 Å². The molecule has 4 heteroatoms. The maximum atomic E-state index is 8.73. The van der Waals surface area contributed by atoms with Crippen molar-refractivity contribution < 1.29 is 0 Å². The van der Waals surface area contributed by atoms with E-state index in [-0.39, 0.29) is 0 Å². The highest BCUT2D eigenvalue weighted by molar-refractivity contribution is 5.63. The van der Waals surface area contributed by atoms with E-state index in [4.69, 9.17) is 11.0 Å². The molecule has 1 heterocycles. The fraction of sp³-hybridized carbons (Fsp3) is 0.538. The van der Waals surface area contributed by atoms with Crippen LogP contribution >= 0.6 is 0 Å². The first kappa shape index (κ1) is 11.7. The predicted octanol–water partition coefficient (Wildman–Crippen LogP) is 2.38. The van der Waals surface area contributed by atoms with Gasteiger partial charge in [0.2, 0.25) is 0 Å². The van der Waals surface area contributed by atoms with Crippen LogP contribution in [0.4, 0.5) is 11.5 Å². The molecule has 3 N–H and O–H groups in total. The van der Waals surface area contributed by atoms with Crippen molar-refractivity contribution in [2.75, 3.05) is 17.6 Å². The van der Waals surface area contributed by atoms with Crippen molar-refractivity contribution in [3.63, 3.8) is 0 Å². The predicted molar refractivity (Wildman–Crippen MR) is 68.4 cm³/mol. The monoisotopic (exact) mass is 230 g/mol. The summed E-state index contributed by atoms with van der Waals surface area (Å²) in [5, 5.41) is 12.0. The zero-order valence-corrected chi connectivity index (χ0v) is 10.3. The van der Waals surface area contributed by atoms with Gasteiger partial charge < -0.3 is 11.1 Å². The Balaban J connectivity index is 2.03. The van der Waals surface area contributed by atoms with E-state index in [1.807, 2.05) is 6.07 Å². The van der Waals surface area contributed by atoms with Crippen molar-refractivity contribution >= 4 is 11.5 Å². The second kappa shape index (κ2) is 4.25. The summed E-state index contributed by atoms with van der Waals surface area (Å²) in [4.78, 5) is 4.18. The van der Waals surface area contributed by atoms with Crippen molar-refractivity contribution in [2.45, 2.75) is 26.7 Å². The van der Waals surface area contributed by atoms with Crippen LogP contribution in [-0.4, -0.2) is 11.5 Å². The van der Waals surface area contributed by atoms with Crippen LogP contribution in [0.5, 0.6) is 0 Å². The van der Waals surface area contributed by atoms with Gasteiger partial charge in [0.25, 0.3) is 0 Å². The molecular weight excluding hydrogens is 212 g/mol. The highest BCUT2D eigenvalue weighted by atomic mass is 15.0. The van der Waals surface area contributed by atoms with E-state index in [9.17, 15) is 0 Å². The molecule has 0 aliphatic heterocycles. The minimum absolute atomic E-state index is 0.419. The minimum Gasteiger partial charge on any atom is -0.396 e. The van der Waals surface area contributed by atoms with Gasteiger partial charge in [0.15, 0.2) is 0 Å². The maximum absolute atomic E-state index is 8.73. The van der Waals surface area contributed by atoms with E-state index < -0.39 is 0 Å². The van der Waals surface area contributed by atoms with E-state index in [2.05, 4.69) is 24.1 Å². The standard InChI is InChI=1S/C13H18N4/c1-9(2)13(3-4-13)8-17-12-11(15)5-10(6-14)7-16-12/h5,7,9H,3-4,8,15H2,1-2H3,(H,16,17). The lowest BCUT2D eigenvalue weighted by Gasteiger charge is -2.20. The van der Waals surface area contributed by atoms with Gasteiger partial charge in [-0.05, 0) is 30.2 Å². The molecule has 1 aromatic rings. The number of nitrogen functional groups attached to an aromatic ring is 1. The molecule has 1 saturated carbocycles. The molecule has 1 aliphatic carbocycles. The molecule has 0 saturated heterocycles. The van der Waals surface area contributed by atoms with E-state index in [1.165, 1.54) is 12.8 Å². The van der Waals surface area contributed by atoms with E-state index >= 15 is 0 Å². The summed E-state index contributed by atoms with van der Waals surface area (Å²) in [6.07, 6.45) is 4.09. The number of rotatable bonds is 4. The average molecular weight is 230 g/mol. The van der Waals surface area contributed by atoms with Crippen molar-refractivity contribution in [3.05, 3.63) is 17.8 Å². The van der Waals surface area contributed by atoms with Gasteiger partial charge in [-0.1, -0.05) is 13.8 Å². The third-order valence-electron chi connectivity index (χ3n) is 3.77. The summed E-state index contributed by atoms with van der Waals surface area (Å²) in [6, 6.07) is 3.68. The minimum atomic E-state index is 0.419. The lowest BCUT2D eigenvalue weighted by molar-refractivity contribution is 0.380. The van der Waals surface area contributed by atoms with Gasteiger partial charge in [0.1, 0.15) is 11.9 Å². The zero-order valence-electron chi connectivity index (χ0n) is 10.3. The molecule has 1 fully saturated rings. The Bertz CT molecular complexity index is 455. The SMILES string of the molecule is CC(C)C1(CNc2ncc(C#N)cc2N)CC1. The van der Waals surface area contributed by atoms with Gasteiger partial charge in [-0.15, -0.1) is 0 Å². The molecule has 4 nitrogen and oxygen atoms in total. The number of nitrogens with one attached hydrogen (secondary N) is 1. The topological polar surface area (TPSA) is 74.7 Å². The van der Waals surface area contributed by atoms with Gasteiger partial charge >= 0.3 is 0 Å². The van der Waals surface area contributed by atoms with Crippen LogP contribution in [0.1, 0.15) is 32.3 Å². The number of anilines is 2. The van der Waals surface area contributed by atoms with Crippen LogP contribution in [0.2, 0.25) is 0 Å². The Hall–Kier alpha value is -1.76. The Morgan fingerprint density at radius 2 is 2.29 bits per heavy atom. The molecule has 2 rings (SSSR count). The third-order valence-corrected chi connectivity index (χ3v) is 3.77. The lowest BCUT2D eigenvalue weighted by atomic mass is 9.92. The Morgan fingerprint density at radius 1 is 1.59 bits per heavy atom. The fourth-order valence-electron chi connectivity index (χ4n) is 2.07. The van der Waals surface area contributed by atoms with E-state index in [1.54, 1.807) is 12.3 Å². The van der Waals surface area contributed by atoms with Crippen molar-refractivity contribution in [1.82, 2.24) is 4.98 Å². The molecule has 17 heavy (non-hydrogen) atoms. The number of nitrogens with two attached hydrogens (primary N) is 1. The second-order valence-electron chi connectivity index (χ2n) is 5.14. The number of pyridine rings is 1. The number of hydrogen-bond donors (Lipinski definition) is 2. The molecule has 1 aliphatic rings. The number of nitrogens with zero attached hydrogens (tertiary/aromatic N) is 2. The molecular formula is C13H18N4. The highest BCUT2D eigenvalue weighted by Gasteiger charge is 2.45. The normalized spacial score (nSPS) is 16.6. The van der Waals surface area contributed by atoms with Crippen LogP contribution in [0.15, 0.2) is 12.3 Å². The van der Waals surface area contributed by atoms with Crippen LogP contribution in [0, 0.1) is 22.7 Å². The summed E-state index contributed by atoms with van der Waals surface area (Å²) < 4.78 is 0. The van der Waals surface area contributed by atoms with Gasteiger partial charge in [-0.25, -0.2) is 4.98 Å². The summed E-state index contributed by atoms with van der Waals surface area (Å²) in [5.41, 5.74) is 7.31. The summed E-state index contributed by atoms with van der Waals surface area (Å²) in [6.45, 7) is 5.42. The number of hydrogen-bond acceptors (Lipinski definition) is 4. The van der Waals surface area contributed by atoms with Gasteiger partial charge in [0, 0.05) is 12.7 Å². The Labute approximate surface area is 102 Å². The van der Waals surface area contributed by atoms with Gasteiger partial charge in [-0.2, -0.15) is 5.26 Å². The van der Waals surface area contributed by atoms with Gasteiger partial charge in [-0.3, -0.25) is 0 Å². The third kappa shape index (κ3) is 2.33. The molecule has 0 bridgehead atoms. The first-order chi connectivity index (χ1) is 8.07. The molecule has 0 radical (unpaired) electrons. The molecule has 1 aromatic heterocycles. The lowest BCUT2D eigenvalue weighted by Crippen LogP contribution is -2.21. The fourth-order valence-corrected chi connectivity index (χ4v) is 2.07. The van der Waals surface area contributed by atoms with Gasteiger partial charge in [0.05, 0.1) is 11.3 Å². The summed E-state index contributed by atoms with van der Waals surface area (Å²) in [5.74, 6) is 1.37. The average Bonchev–Trinajstić information content (AvgIpc) is 3.08. The highest BCUT2D eigenvalue weighted by Crippen LogP contribution is 2.51. The Kier molecular flexibility index (Phi) is 2.93. The molecule has 0 unspecified atom stereocenters. The summed E-state index contributed by atoms with van der Waals surface area (Å²) in [7, 11) is 0. The molecule has 0 atom stereocenters. The largest absolute Gasteiger partial charge is 0.396 e. The smallest absolute Gasteiger partial charge is 0.149 e. The number of nitriles is 1. The van der Waals surface area contributed by atoms with Crippen LogP contribution < -0.4 is 11.1 Å². The van der Waals surface area contributed by atoms with Crippen molar-refractivity contribution in [3.8, 4) is 6.07 Å². The van der Waals surface area contributed by atoms with E-state index in [0.717, 1.165) is 6.54 Å². The van der Waals surface area contributed by atoms with Crippen LogP contribution in [-0.2, 0) is 0 Å².